The molecular formula is C19H33NO4Si. The van der Waals surface area contributed by atoms with Crippen LogP contribution in [0.5, 0.6) is 0 Å². The average Bonchev–Trinajstić information content (AvgIpc) is 2.60. The van der Waals surface area contributed by atoms with Gasteiger partial charge in [0.15, 0.2) is 0 Å². The molecule has 2 rings (SSSR count). The molecule has 0 saturated carbocycles. The molecule has 0 radical (unpaired) electrons. The molecule has 0 amide bonds. The minimum absolute atomic E-state index is 0.0446. The van der Waals surface area contributed by atoms with E-state index in [1.54, 1.807) is 0 Å². The fraction of sp³-hybridized carbons (Fsp3) is 0.684. The van der Waals surface area contributed by atoms with E-state index in [0.29, 0.717) is 19.8 Å². The van der Waals surface area contributed by atoms with Crippen molar-refractivity contribution >= 4 is 14.5 Å². The van der Waals surface area contributed by atoms with Crippen molar-refractivity contribution < 1.29 is 18.0 Å². The third-order valence-corrected chi connectivity index (χ3v) is 7.30. The van der Waals surface area contributed by atoms with Gasteiger partial charge in [-0.15, -0.1) is 0 Å². The maximum Gasteiger partial charge on any atom is 0.501 e. The first-order chi connectivity index (χ1) is 12.2. The third kappa shape index (κ3) is 6.38. The highest BCUT2D eigenvalue weighted by Crippen LogP contribution is 2.24. The van der Waals surface area contributed by atoms with E-state index in [2.05, 4.69) is 36.1 Å². The fourth-order valence-electron chi connectivity index (χ4n) is 3.22. The summed E-state index contributed by atoms with van der Waals surface area (Å²) in [6.45, 7) is 10.6. The van der Waals surface area contributed by atoms with Gasteiger partial charge in [0.05, 0.1) is 12.7 Å². The van der Waals surface area contributed by atoms with E-state index < -0.39 is 8.80 Å². The topological polar surface area (TPSA) is 40.2 Å². The van der Waals surface area contributed by atoms with Crippen LogP contribution in [0.3, 0.4) is 0 Å². The summed E-state index contributed by atoms with van der Waals surface area (Å²) in [6.07, 6.45) is 1.97. The first-order valence-corrected chi connectivity index (χ1v) is 11.5. The van der Waals surface area contributed by atoms with Crippen LogP contribution in [0.15, 0.2) is 30.3 Å². The highest BCUT2D eigenvalue weighted by atomic mass is 28.4. The van der Waals surface area contributed by atoms with Crippen LogP contribution >= 0.6 is 0 Å². The van der Waals surface area contributed by atoms with Gasteiger partial charge in [0, 0.05) is 44.6 Å². The summed E-state index contributed by atoms with van der Waals surface area (Å²) in [7, 11) is -2.63. The summed E-state index contributed by atoms with van der Waals surface area (Å²) >= 11 is 0. The number of benzene rings is 1. The summed E-state index contributed by atoms with van der Waals surface area (Å²) in [6, 6.07) is 11.3. The Balaban J connectivity index is 2.12. The van der Waals surface area contributed by atoms with Crippen molar-refractivity contribution in [3.8, 4) is 0 Å². The molecule has 25 heavy (non-hydrogen) atoms. The Hall–Kier alpha value is -0.923. The molecule has 1 aliphatic rings. The molecule has 0 bridgehead atoms. The molecule has 6 heteroatoms. The van der Waals surface area contributed by atoms with E-state index in [0.717, 1.165) is 38.6 Å². The number of hydrogen-bond acceptors (Lipinski definition) is 5. The summed E-state index contributed by atoms with van der Waals surface area (Å²) in [5.41, 5.74) is 1.22. The molecule has 1 atom stereocenters. The van der Waals surface area contributed by atoms with Gasteiger partial charge in [-0.1, -0.05) is 25.1 Å². The van der Waals surface area contributed by atoms with Gasteiger partial charge in [-0.3, -0.25) is 0 Å². The summed E-state index contributed by atoms with van der Waals surface area (Å²) in [5, 5.41) is 0. The van der Waals surface area contributed by atoms with Crippen molar-refractivity contribution in [2.75, 3.05) is 44.4 Å². The molecule has 142 valence electrons. The number of nitrogens with zero attached hydrogens (tertiary/aromatic N) is 1. The van der Waals surface area contributed by atoms with Crippen molar-refractivity contribution in [2.45, 2.75) is 45.8 Å². The van der Waals surface area contributed by atoms with Gasteiger partial charge in [0.1, 0.15) is 0 Å². The predicted octanol–water partition coefficient (Wildman–Crippen LogP) is 3.72. The van der Waals surface area contributed by atoms with Crippen LogP contribution in [-0.2, 0) is 18.0 Å². The first-order valence-electron chi connectivity index (χ1n) is 9.56. The smallest absolute Gasteiger partial charge is 0.379 e. The Morgan fingerprint density at radius 1 is 1.12 bits per heavy atom. The lowest BCUT2D eigenvalue weighted by Crippen LogP contribution is -2.53. The maximum atomic E-state index is 6.49. The van der Waals surface area contributed by atoms with Gasteiger partial charge in [0.2, 0.25) is 0 Å². The number of anilines is 1. The number of ether oxygens (including phenoxy) is 1. The molecule has 1 saturated heterocycles. The fourth-order valence-corrected chi connectivity index (χ4v) is 5.95. The molecule has 0 N–H and O–H groups in total. The predicted molar refractivity (Wildman–Crippen MR) is 103 cm³/mol. The molecule has 1 aliphatic heterocycles. The van der Waals surface area contributed by atoms with E-state index >= 15 is 0 Å². The van der Waals surface area contributed by atoms with Crippen LogP contribution in [0.25, 0.3) is 0 Å². The van der Waals surface area contributed by atoms with E-state index in [1.807, 2.05) is 19.9 Å². The molecule has 1 heterocycles. The van der Waals surface area contributed by atoms with Crippen LogP contribution in [0, 0.1) is 0 Å². The molecule has 1 unspecified atom stereocenters. The largest absolute Gasteiger partial charge is 0.501 e. The lowest BCUT2D eigenvalue weighted by molar-refractivity contribution is -0.0218. The van der Waals surface area contributed by atoms with E-state index in [9.17, 15) is 0 Å². The molecular weight excluding hydrogens is 334 g/mol. The Kier molecular flexibility index (Phi) is 8.92. The summed E-state index contributed by atoms with van der Waals surface area (Å²) < 4.78 is 24.4. The Morgan fingerprint density at radius 3 is 2.48 bits per heavy atom. The molecule has 1 aromatic carbocycles. The second-order valence-corrected chi connectivity index (χ2v) is 8.93. The van der Waals surface area contributed by atoms with Crippen LogP contribution < -0.4 is 4.90 Å². The lowest BCUT2D eigenvalue weighted by atomic mass is 10.2. The second kappa shape index (κ2) is 10.9. The zero-order valence-corrected chi connectivity index (χ0v) is 16.9. The van der Waals surface area contributed by atoms with Gasteiger partial charge in [0.25, 0.3) is 0 Å². The minimum Gasteiger partial charge on any atom is -0.379 e. The monoisotopic (exact) mass is 367 g/mol. The standard InChI is InChI=1S/C19H33NO4Si/c1-4-13-20(18-11-8-7-9-12-18)16-19-17-21-14-10-15-25(24-19,22-5-2)23-6-3/h7-9,11-12,19H,4-6,10,13-17H2,1-3H3. The van der Waals surface area contributed by atoms with Crippen molar-refractivity contribution in [3.63, 3.8) is 0 Å². The van der Waals surface area contributed by atoms with Crippen molar-refractivity contribution in [2.24, 2.45) is 0 Å². The zero-order valence-electron chi connectivity index (χ0n) is 15.9. The highest BCUT2D eigenvalue weighted by molar-refractivity contribution is 6.60. The van der Waals surface area contributed by atoms with Gasteiger partial charge in [-0.25, -0.2) is 0 Å². The molecule has 1 aromatic rings. The van der Waals surface area contributed by atoms with Gasteiger partial charge in [-0.05, 0) is 38.8 Å². The number of para-hydroxylation sites is 1. The lowest BCUT2D eigenvalue weighted by Gasteiger charge is -2.37. The molecule has 5 nitrogen and oxygen atoms in total. The SMILES string of the molecule is CCCN(CC1COCCC[Si](OCC)(OCC)O1)c1ccccc1. The van der Waals surface area contributed by atoms with E-state index in [4.69, 9.17) is 18.0 Å². The molecule has 0 aromatic heterocycles. The quantitative estimate of drug-likeness (QED) is 0.622. The Morgan fingerprint density at radius 2 is 1.84 bits per heavy atom. The van der Waals surface area contributed by atoms with Crippen LogP contribution in [0.4, 0.5) is 5.69 Å². The second-order valence-electron chi connectivity index (χ2n) is 6.25. The van der Waals surface area contributed by atoms with Crippen molar-refractivity contribution in [1.82, 2.24) is 0 Å². The highest BCUT2D eigenvalue weighted by Gasteiger charge is 2.43. The molecule has 1 fully saturated rings. The van der Waals surface area contributed by atoms with Gasteiger partial charge >= 0.3 is 8.80 Å². The normalized spacial score (nSPS) is 20.7. The third-order valence-electron chi connectivity index (χ3n) is 4.19. The maximum absolute atomic E-state index is 6.49. The Bertz CT molecular complexity index is 468. The summed E-state index contributed by atoms with van der Waals surface area (Å²) in [5.74, 6) is 0. The minimum atomic E-state index is -2.63. The van der Waals surface area contributed by atoms with E-state index in [1.165, 1.54) is 5.69 Å². The Labute approximate surface area is 153 Å². The van der Waals surface area contributed by atoms with Gasteiger partial charge < -0.3 is 22.9 Å². The van der Waals surface area contributed by atoms with Crippen LogP contribution in [-0.4, -0.2) is 54.4 Å². The number of rotatable bonds is 9. The van der Waals surface area contributed by atoms with Crippen molar-refractivity contribution in [1.29, 1.82) is 0 Å². The van der Waals surface area contributed by atoms with Crippen LogP contribution in [0.2, 0.25) is 6.04 Å². The zero-order chi connectivity index (χ0) is 18.0. The van der Waals surface area contributed by atoms with Gasteiger partial charge in [-0.2, -0.15) is 0 Å². The van der Waals surface area contributed by atoms with Crippen molar-refractivity contribution in [3.05, 3.63) is 30.3 Å². The molecule has 0 aliphatic carbocycles. The first kappa shape index (κ1) is 20.4. The number of hydrogen-bond donors (Lipinski definition) is 0. The summed E-state index contributed by atoms with van der Waals surface area (Å²) in [4.78, 5) is 2.37. The average molecular weight is 368 g/mol. The van der Waals surface area contributed by atoms with E-state index in [-0.39, 0.29) is 6.10 Å². The molecule has 0 spiro atoms. The van der Waals surface area contributed by atoms with Crippen LogP contribution in [0.1, 0.15) is 33.6 Å².